The topological polar surface area (TPSA) is 54.0 Å². The largest absolute Gasteiger partial charge is 0.348 e. The zero-order valence-corrected chi connectivity index (χ0v) is 9.86. The molecule has 16 heavy (non-hydrogen) atoms. The van der Waals surface area contributed by atoms with Gasteiger partial charge in [-0.05, 0) is 25.6 Å². The molecule has 88 valence electrons. The highest BCUT2D eigenvalue weighted by molar-refractivity contribution is 5.76. The Bertz CT molecular complexity index is 313. The lowest BCUT2D eigenvalue weighted by Crippen LogP contribution is -2.30. The van der Waals surface area contributed by atoms with Gasteiger partial charge in [0.1, 0.15) is 0 Å². The van der Waals surface area contributed by atoms with E-state index >= 15 is 0 Å². The van der Waals surface area contributed by atoms with E-state index in [1.54, 1.807) is 6.20 Å². The maximum Gasteiger partial charge on any atom is 0.221 e. The Balaban J connectivity index is 2.34. The third-order valence-corrected chi connectivity index (χ3v) is 2.29. The van der Waals surface area contributed by atoms with Crippen LogP contribution in [0.5, 0.6) is 0 Å². The van der Waals surface area contributed by atoms with Crippen molar-refractivity contribution in [3.63, 3.8) is 0 Å². The van der Waals surface area contributed by atoms with Crippen LogP contribution in [0.1, 0.15) is 32.0 Å². The second-order valence-corrected chi connectivity index (χ2v) is 3.65. The summed E-state index contributed by atoms with van der Waals surface area (Å²) >= 11 is 0. The van der Waals surface area contributed by atoms with Crippen molar-refractivity contribution < 1.29 is 4.79 Å². The van der Waals surface area contributed by atoms with Crippen LogP contribution in [0.2, 0.25) is 0 Å². The number of pyridine rings is 1. The van der Waals surface area contributed by atoms with E-state index in [1.165, 1.54) is 0 Å². The van der Waals surface area contributed by atoms with Gasteiger partial charge in [0.05, 0.1) is 11.7 Å². The fourth-order valence-corrected chi connectivity index (χ4v) is 1.40. The summed E-state index contributed by atoms with van der Waals surface area (Å²) in [4.78, 5) is 15.7. The number of carbonyl (C=O) groups excluding carboxylic acids is 1. The molecule has 0 unspecified atom stereocenters. The molecule has 0 aliphatic carbocycles. The van der Waals surface area contributed by atoms with Gasteiger partial charge in [-0.15, -0.1) is 0 Å². The lowest BCUT2D eigenvalue weighted by atomic mass is 10.2. The molecule has 1 amide bonds. The van der Waals surface area contributed by atoms with Crippen LogP contribution in [-0.2, 0) is 4.79 Å². The second kappa shape index (κ2) is 6.95. The minimum atomic E-state index is -0.0321. The average molecular weight is 221 g/mol. The fraction of sp³-hybridized carbons (Fsp3) is 0.500. The predicted octanol–water partition coefficient (Wildman–Crippen LogP) is 1.26. The van der Waals surface area contributed by atoms with Gasteiger partial charge in [-0.1, -0.05) is 13.0 Å². The summed E-state index contributed by atoms with van der Waals surface area (Å²) in [6, 6.07) is 5.66. The number of amides is 1. The van der Waals surface area contributed by atoms with Crippen molar-refractivity contribution in [2.75, 3.05) is 13.1 Å². The third kappa shape index (κ3) is 4.40. The molecule has 1 aromatic heterocycles. The van der Waals surface area contributed by atoms with Crippen molar-refractivity contribution in [3.8, 4) is 0 Å². The summed E-state index contributed by atoms with van der Waals surface area (Å²) in [5.74, 6) is 0.0547. The Morgan fingerprint density at radius 2 is 2.31 bits per heavy atom. The van der Waals surface area contributed by atoms with Gasteiger partial charge in [-0.3, -0.25) is 9.78 Å². The number of nitrogens with zero attached hydrogens (tertiary/aromatic N) is 1. The van der Waals surface area contributed by atoms with Gasteiger partial charge in [0.25, 0.3) is 0 Å². The number of nitrogens with one attached hydrogen (secondary N) is 2. The van der Waals surface area contributed by atoms with E-state index in [0.29, 0.717) is 6.42 Å². The first-order valence-electron chi connectivity index (χ1n) is 5.65. The van der Waals surface area contributed by atoms with Crippen molar-refractivity contribution in [2.45, 2.75) is 26.3 Å². The molecule has 0 aromatic carbocycles. The van der Waals surface area contributed by atoms with Gasteiger partial charge in [0.15, 0.2) is 0 Å². The van der Waals surface area contributed by atoms with Crippen LogP contribution in [0.15, 0.2) is 24.4 Å². The van der Waals surface area contributed by atoms with Crippen LogP contribution >= 0.6 is 0 Å². The van der Waals surface area contributed by atoms with E-state index in [1.807, 2.05) is 32.0 Å². The predicted molar refractivity (Wildman–Crippen MR) is 64.0 cm³/mol. The summed E-state index contributed by atoms with van der Waals surface area (Å²) < 4.78 is 0. The van der Waals surface area contributed by atoms with Crippen LogP contribution < -0.4 is 10.6 Å². The van der Waals surface area contributed by atoms with Gasteiger partial charge < -0.3 is 10.6 Å². The van der Waals surface area contributed by atoms with Gasteiger partial charge in [-0.2, -0.15) is 0 Å². The molecule has 0 radical (unpaired) electrons. The number of hydrogen-bond donors (Lipinski definition) is 2. The first-order chi connectivity index (χ1) is 7.74. The van der Waals surface area contributed by atoms with E-state index < -0.39 is 0 Å². The number of aromatic nitrogens is 1. The summed E-state index contributed by atoms with van der Waals surface area (Å²) in [6.45, 7) is 5.57. The molecule has 0 saturated carbocycles. The number of hydrogen-bond acceptors (Lipinski definition) is 3. The van der Waals surface area contributed by atoms with E-state index in [9.17, 15) is 4.79 Å². The van der Waals surface area contributed by atoms with Gasteiger partial charge >= 0.3 is 0 Å². The molecule has 2 N–H and O–H groups in total. The number of carbonyl (C=O) groups is 1. The van der Waals surface area contributed by atoms with Crippen LogP contribution in [0, 0.1) is 0 Å². The molecule has 0 saturated heterocycles. The zero-order valence-electron chi connectivity index (χ0n) is 9.86. The highest BCUT2D eigenvalue weighted by Crippen LogP contribution is 2.07. The Labute approximate surface area is 96.5 Å². The van der Waals surface area contributed by atoms with E-state index in [-0.39, 0.29) is 11.9 Å². The molecule has 4 nitrogen and oxygen atoms in total. The van der Waals surface area contributed by atoms with Crippen molar-refractivity contribution >= 4 is 5.91 Å². The summed E-state index contributed by atoms with van der Waals surface area (Å²) in [5.41, 5.74) is 0.888. The molecule has 1 rings (SSSR count). The smallest absolute Gasteiger partial charge is 0.221 e. The molecule has 0 fully saturated rings. The molecule has 1 heterocycles. The van der Waals surface area contributed by atoms with E-state index in [2.05, 4.69) is 15.6 Å². The van der Waals surface area contributed by atoms with Crippen LogP contribution in [0.4, 0.5) is 0 Å². The fourth-order valence-electron chi connectivity index (χ4n) is 1.40. The molecular weight excluding hydrogens is 202 g/mol. The SMILES string of the molecule is CCNCCC(=O)N[C@H](C)c1ccccn1. The molecule has 0 bridgehead atoms. The van der Waals surface area contributed by atoms with Crippen molar-refractivity contribution in [3.05, 3.63) is 30.1 Å². The monoisotopic (exact) mass is 221 g/mol. The third-order valence-electron chi connectivity index (χ3n) is 2.29. The van der Waals surface area contributed by atoms with Gasteiger partial charge in [0, 0.05) is 19.2 Å². The molecular formula is C12H19N3O. The molecule has 0 spiro atoms. The summed E-state index contributed by atoms with van der Waals surface area (Å²) in [7, 11) is 0. The normalized spacial score (nSPS) is 12.1. The van der Waals surface area contributed by atoms with Gasteiger partial charge in [0.2, 0.25) is 5.91 Å². The van der Waals surface area contributed by atoms with Crippen molar-refractivity contribution in [1.29, 1.82) is 0 Å². The minimum Gasteiger partial charge on any atom is -0.348 e. The maximum absolute atomic E-state index is 11.5. The highest BCUT2D eigenvalue weighted by Gasteiger charge is 2.09. The van der Waals surface area contributed by atoms with Crippen molar-refractivity contribution in [1.82, 2.24) is 15.6 Å². The second-order valence-electron chi connectivity index (χ2n) is 3.65. The minimum absolute atomic E-state index is 0.0321. The molecule has 0 aliphatic heterocycles. The standard InChI is InChI=1S/C12H19N3O/c1-3-13-9-7-12(16)15-10(2)11-6-4-5-8-14-11/h4-6,8,10,13H,3,7,9H2,1-2H3,(H,15,16)/t10-/m1/s1. The Kier molecular flexibility index (Phi) is 5.50. The van der Waals surface area contributed by atoms with Crippen LogP contribution in [-0.4, -0.2) is 24.0 Å². The highest BCUT2D eigenvalue weighted by atomic mass is 16.1. The first-order valence-corrected chi connectivity index (χ1v) is 5.65. The Morgan fingerprint density at radius 1 is 1.50 bits per heavy atom. The number of rotatable bonds is 6. The molecule has 4 heteroatoms. The molecule has 1 atom stereocenters. The van der Waals surface area contributed by atoms with Crippen LogP contribution in [0.25, 0.3) is 0 Å². The summed E-state index contributed by atoms with van der Waals surface area (Å²) in [5, 5.41) is 6.03. The maximum atomic E-state index is 11.5. The van der Waals surface area contributed by atoms with Crippen LogP contribution in [0.3, 0.4) is 0 Å². The van der Waals surface area contributed by atoms with E-state index in [4.69, 9.17) is 0 Å². The molecule has 1 aromatic rings. The molecule has 0 aliphatic rings. The lowest BCUT2D eigenvalue weighted by Gasteiger charge is -2.13. The van der Waals surface area contributed by atoms with Crippen molar-refractivity contribution in [2.24, 2.45) is 0 Å². The lowest BCUT2D eigenvalue weighted by molar-refractivity contribution is -0.121. The first kappa shape index (κ1) is 12.6. The average Bonchev–Trinajstić information content (AvgIpc) is 2.30. The Morgan fingerprint density at radius 3 is 2.94 bits per heavy atom. The Hall–Kier alpha value is -1.42. The summed E-state index contributed by atoms with van der Waals surface area (Å²) in [6.07, 6.45) is 2.24. The zero-order chi connectivity index (χ0) is 11.8. The van der Waals surface area contributed by atoms with Gasteiger partial charge in [-0.25, -0.2) is 0 Å². The van der Waals surface area contributed by atoms with E-state index in [0.717, 1.165) is 18.8 Å². The quantitative estimate of drug-likeness (QED) is 0.711.